The van der Waals surface area contributed by atoms with Gasteiger partial charge in [-0.25, -0.2) is 0 Å². The van der Waals surface area contributed by atoms with Crippen molar-refractivity contribution in [1.82, 2.24) is 4.98 Å². The number of fused-ring (bicyclic) bond motifs is 1. The fraction of sp³-hybridized carbons (Fsp3) is 0.118. The summed E-state index contributed by atoms with van der Waals surface area (Å²) in [4.78, 5) is 4.37. The zero-order valence-corrected chi connectivity index (χ0v) is 11.3. The van der Waals surface area contributed by atoms with Crippen LogP contribution in [0.1, 0.15) is 12.5 Å². The minimum atomic E-state index is 0.690. The molecule has 100 valence electrons. The highest BCUT2D eigenvalue weighted by molar-refractivity contribution is 5.85. The highest BCUT2D eigenvalue weighted by atomic mass is 16.5. The molecule has 0 saturated heterocycles. The topological polar surface area (TPSA) is 48.1 Å². The van der Waals surface area contributed by atoms with Gasteiger partial charge in [0.1, 0.15) is 11.5 Å². The van der Waals surface area contributed by atoms with Gasteiger partial charge in [-0.15, -0.1) is 0 Å². The molecule has 1 aromatic heterocycles. The van der Waals surface area contributed by atoms with Crippen LogP contribution in [0.5, 0.6) is 11.5 Å². The van der Waals surface area contributed by atoms with Crippen molar-refractivity contribution < 1.29 is 4.74 Å². The van der Waals surface area contributed by atoms with Gasteiger partial charge in [-0.1, -0.05) is 19.1 Å². The van der Waals surface area contributed by atoms with E-state index in [1.807, 2.05) is 36.4 Å². The van der Waals surface area contributed by atoms with Crippen LogP contribution in [0.3, 0.4) is 0 Å². The van der Waals surface area contributed by atoms with E-state index in [0.29, 0.717) is 5.69 Å². The SMILES string of the molecule is CCc1ccc2nccc(Oc3cccc(N)c3)c2c1. The number of ether oxygens (including phenoxy) is 1. The molecule has 0 spiro atoms. The van der Waals surface area contributed by atoms with Gasteiger partial charge in [0.2, 0.25) is 0 Å². The number of nitrogens with two attached hydrogens (primary N) is 1. The van der Waals surface area contributed by atoms with Crippen molar-refractivity contribution in [3.05, 3.63) is 60.3 Å². The van der Waals surface area contributed by atoms with Crippen LogP contribution in [-0.2, 0) is 6.42 Å². The first-order valence-corrected chi connectivity index (χ1v) is 6.67. The van der Waals surface area contributed by atoms with Crippen LogP contribution in [0.25, 0.3) is 10.9 Å². The third kappa shape index (κ3) is 2.43. The van der Waals surface area contributed by atoms with E-state index in [2.05, 4.69) is 24.0 Å². The van der Waals surface area contributed by atoms with Crippen LogP contribution in [0.4, 0.5) is 5.69 Å². The Morgan fingerprint density at radius 1 is 1.10 bits per heavy atom. The second kappa shape index (κ2) is 5.21. The second-order valence-electron chi connectivity index (χ2n) is 4.69. The van der Waals surface area contributed by atoms with Crippen molar-refractivity contribution in [2.45, 2.75) is 13.3 Å². The molecule has 3 rings (SSSR count). The fourth-order valence-corrected chi connectivity index (χ4v) is 2.18. The molecule has 3 nitrogen and oxygen atoms in total. The lowest BCUT2D eigenvalue weighted by molar-refractivity contribution is 0.488. The molecule has 2 aromatic carbocycles. The predicted octanol–water partition coefficient (Wildman–Crippen LogP) is 4.17. The summed E-state index contributed by atoms with van der Waals surface area (Å²) in [5, 5.41) is 1.02. The molecular weight excluding hydrogens is 248 g/mol. The molecule has 0 atom stereocenters. The predicted molar refractivity (Wildman–Crippen MR) is 82.0 cm³/mol. The quantitative estimate of drug-likeness (QED) is 0.722. The molecule has 0 unspecified atom stereocenters. The number of pyridine rings is 1. The first kappa shape index (κ1) is 12.5. The monoisotopic (exact) mass is 264 g/mol. The van der Waals surface area contributed by atoms with E-state index in [0.717, 1.165) is 28.8 Å². The molecule has 0 aliphatic rings. The summed E-state index contributed by atoms with van der Waals surface area (Å²) >= 11 is 0. The molecule has 0 saturated carbocycles. The standard InChI is InChI=1S/C17H16N2O/c1-2-12-6-7-16-15(10-12)17(8-9-19-16)20-14-5-3-4-13(18)11-14/h3-11H,2,18H2,1H3. The number of rotatable bonds is 3. The van der Waals surface area contributed by atoms with Crippen LogP contribution in [-0.4, -0.2) is 4.98 Å². The Labute approximate surface area is 118 Å². The van der Waals surface area contributed by atoms with E-state index >= 15 is 0 Å². The summed E-state index contributed by atoms with van der Waals surface area (Å²) in [5.74, 6) is 1.54. The average Bonchev–Trinajstić information content (AvgIpc) is 2.47. The first-order chi connectivity index (χ1) is 9.76. The Balaban J connectivity index is 2.06. The van der Waals surface area contributed by atoms with E-state index in [1.165, 1.54) is 5.56 Å². The largest absolute Gasteiger partial charge is 0.457 e. The summed E-state index contributed by atoms with van der Waals surface area (Å²) in [6, 6.07) is 15.6. The number of hydrogen-bond donors (Lipinski definition) is 1. The molecule has 3 heteroatoms. The molecule has 0 fully saturated rings. The van der Waals surface area contributed by atoms with Crippen LogP contribution in [0.2, 0.25) is 0 Å². The normalized spacial score (nSPS) is 10.7. The summed E-state index contributed by atoms with van der Waals surface area (Å²) in [5.41, 5.74) is 8.67. The molecule has 2 N–H and O–H groups in total. The van der Waals surface area contributed by atoms with Crippen molar-refractivity contribution in [2.24, 2.45) is 0 Å². The van der Waals surface area contributed by atoms with Crippen molar-refractivity contribution in [3.63, 3.8) is 0 Å². The van der Waals surface area contributed by atoms with E-state index in [9.17, 15) is 0 Å². The Morgan fingerprint density at radius 3 is 2.80 bits per heavy atom. The van der Waals surface area contributed by atoms with Crippen LogP contribution in [0.15, 0.2) is 54.7 Å². The molecule has 0 aliphatic carbocycles. The highest BCUT2D eigenvalue weighted by Gasteiger charge is 2.05. The maximum atomic E-state index is 5.95. The second-order valence-corrected chi connectivity index (χ2v) is 4.69. The van der Waals surface area contributed by atoms with Gasteiger partial charge in [0.05, 0.1) is 5.52 Å². The third-order valence-corrected chi connectivity index (χ3v) is 3.26. The van der Waals surface area contributed by atoms with Crippen LogP contribution >= 0.6 is 0 Å². The fourth-order valence-electron chi connectivity index (χ4n) is 2.18. The van der Waals surface area contributed by atoms with Crippen molar-refractivity contribution >= 4 is 16.6 Å². The molecule has 1 heterocycles. The highest BCUT2D eigenvalue weighted by Crippen LogP contribution is 2.30. The Kier molecular flexibility index (Phi) is 3.25. The Bertz CT molecular complexity index is 753. The summed E-state index contributed by atoms with van der Waals surface area (Å²) in [7, 11) is 0. The molecule has 0 aliphatic heterocycles. The maximum Gasteiger partial charge on any atom is 0.138 e. The molecule has 20 heavy (non-hydrogen) atoms. The lowest BCUT2D eigenvalue weighted by atomic mass is 10.1. The third-order valence-electron chi connectivity index (χ3n) is 3.26. The summed E-state index contributed by atoms with van der Waals surface area (Å²) < 4.78 is 5.95. The molecule has 0 bridgehead atoms. The summed E-state index contributed by atoms with van der Waals surface area (Å²) in [6.45, 7) is 2.13. The van der Waals surface area contributed by atoms with Crippen LogP contribution in [0, 0.1) is 0 Å². The van der Waals surface area contributed by atoms with Crippen molar-refractivity contribution in [2.75, 3.05) is 5.73 Å². The number of benzene rings is 2. The van der Waals surface area contributed by atoms with Gasteiger partial charge in [-0.05, 0) is 42.3 Å². The Hall–Kier alpha value is -2.55. The van der Waals surface area contributed by atoms with Crippen LogP contribution < -0.4 is 10.5 Å². The van der Waals surface area contributed by atoms with Gasteiger partial charge in [0.25, 0.3) is 0 Å². The number of anilines is 1. The smallest absolute Gasteiger partial charge is 0.138 e. The van der Waals surface area contributed by atoms with Gasteiger partial charge in [0, 0.05) is 23.3 Å². The average molecular weight is 264 g/mol. The van der Waals surface area contributed by atoms with Gasteiger partial charge < -0.3 is 10.5 Å². The Morgan fingerprint density at radius 2 is 2.00 bits per heavy atom. The number of nitrogen functional groups attached to an aromatic ring is 1. The van der Waals surface area contributed by atoms with Gasteiger partial charge in [-0.2, -0.15) is 0 Å². The van der Waals surface area contributed by atoms with E-state index < -0.39 is 0 Å². The first-order valence-electron chi connectivity index (χ1n) is 6.67. The van der Waals surface area contributed by atoms with E-state index in [1.54, 1.807) is 6.20 Å². The zero-order valence-electron chi connectivity index (χ0n) is 11.3. The lowest BCUT2D eigenvalue weighted by Crippen LogP contribution is -1.90. The molecule has 0 radical (unpaired) electrons. The lowest BCUT2D eigenvalue weighted by Gasteiger charge is -2.10. The minimum Gasteiger partial charge on any atom is -0.457 e. The molecule has 3 aromatic rings. The zero-order chi connectivity index (χ0) is 13.9. The summed E-state index contributed by atoms with van der Waals surface area (Å²) in [6.07, 6.45) is 2.75. The van der Waals surface area contributed by atoms with E-state index in [-0.39, 0.29) is 0 Å². The van der Waals surface area contributed by atoms with Gasteiger partial charge in [0.15, 0.2) is 0 Å². The molecule has 0 amide bonds. The van der Waals surface area contributed by atoms with Crippen molar-refractivity contribution in [3.8, 4) is 11.5 Å². The maximum absolute atomic E-state index is 5.95. The van der Waals surface area contributed by atoms with E-state index in [4.69, 9.17) is 10.5 Å². The van der Waals surface area contributed by atoms with Gasteiger partial charge in [-0.3, -0.25) is 4.98 Å². The minimum absolute atomic E-state index is 0.690. The number of hydrogen-bond acceptors (Lipinski definition) is 3. The number of aryl methyl sites for hydroxylation is 1. The van der Waals surface area contributed by atoms with Gasteiger partial charge >= 0.3 is 0 Å². The number of nitrogens with zero attached hydrogens (tertiary/aromatic N) is 1. The number of aromatic nitrogens is 1. The molecular formula is C17H16N2O. The van der Waals surface area contributed by atoms with Crippen molar-refractivity contribution in [1.29, 1.82) is 0 Å².